The van der Waals surface area contributed by atoms with Gasteiger partial charge in [0.25, 0.3) is 11.5 Å². The highest BCUT2D eigenvalue weighted by Crippen LogP contribution is 2.10. The van der Waals surface area contributed by atoms with Gasteiger partial charge >= 0.3 is 0 Å². The van der Waals surface area contributed by atoms with Gasteiger partial charge in [-0.05, 0) is 18.2 Å². The molecule has 1 amide bonds. The van der Waals surface area contributed by atoms with E-state index in [1.54, 1.807) is 25.2 Å². The van der Waals surface area contributed by atoms with Crippen molar-refractivity contribution in [3.8, 4) is 0 Å². The number of halogens is 1. The summed E-state index contributed by atoms with van der Waals surface area (Å²) in [7, 11) is 1.62. The van der Waals surface area contributed by atoms with E-state index in [0.717, 1.165) is 0 Å². The number of carbonyl (C=O) groups excluding carboxylic acids is 1. The Bertz CT molecular complexity index is 635. The van der Waals surface area contributed by atoms with E-state index in [1.807, 2.05) is 0 Å². The molecule has 5 nitrogen and oxygen atoms in total. The maximum Gasteiger partial charge on any atom is 0.257 e. The summed E-state index contributed by atoms with van der Waals surface area (Å²) in [4.78, 5) is 27.2. The van der Waals surface area contributed by atoms with Crippen molar-refractivity contribution in [1.29, 1.82) is 0 Å². The Morgan fingerprint density at radius 2 is 2.17 bits per heavy atom. The summed E-state index contributed by atoms with van der Waals surface area (Å²) < 4.78 is 1.39. The van der Waals surface area contributed by atoms with Gasteiger partial charge in [-0.1, -0.05) is 11.6 Å². The van der Waals surface area contributed by atoms with Crippen molar-refractivity contribution in [3.05, 3.63) is 57.6 Å². The molecule has 0 spiro atoms. The summed E-state index contributed by atoms with van der Waals surface area (Å²) >= 11 is 5.68. The Balaban J connectivity index is 2.19. The van der Waals surface area contributed by atoms with Gasteiger partial charge in [0.05, 0.1) is 5.02 Å². The first-order chi connectivity index (χ1) is 8.56. The van der Waals surface area contributed by atoms with E-state index < -0.39 is 0 Å². The lowest BCUT2D eigenvalue weighted by Gasteiger charge is -2.04. The Labute approximate surface area is 108 Å². The monoisotopic (exact) mass is 263 g/mol. The zero-order chi connectivity index (χ0) is 13.1. The third-order valence-corrected chi connectivity index (χ3v) is 2.56. The molecule has 0 fully saturated rings. The number of amides is 1. The molecule has 0 radical (unpaired) electrons. The van der Waals surface area contributed by atoms with Gasteiger partial charge in [0, 0.05) is 31.1 Å². The summed E-state index contributed by atoms with van der Waals surface area (Å²) in [6, 6.07) is 6.04. The predicted octanol–water partition coefficient (Wildman–Crippen LogP) is 1.69. The fourth-order valence-corrected chi connectivity index (χ4v) is 1.44. The molecule has 1 N–H and O–H groups in total. The minimum atomic E-state index is -0.387. The van der Waals surface area contributed by atoms with Gasteiger partial charge in [-0.3, -0.25) is 9.59 Å². The van der Waals surface area contributed by atoms with Crippen LogP contribution in [0.2, 0.25) is 5.02 Å². The number of aryl methyl sites for hydroxylation is 1. The van der Waals surface area contributed by atoms with Crippen LogP contribution in [0.5, 0.6) is 0 Å². The number of hydrogen-bond donors (Lipinski definition) is 1. The van der Waals surface area contributed by atoms with Gasteiger partial charge in [0.15, 0.2) is 0 Å². The van der Waals surface area contributed by atoms with Crippen LogP contribution in [0.25, 0.3) is 0 Å². The number of carbonyl (C=O) groups is 1. The van der Waals surface area contributed by atoms with Crippen LogP contribution < -0.4 is 10.9 Å². The van der Waals surface area contributed by atoms with Gasteiger partial charge in [0.1, 0.15) is 5.82 Å². The van der Waals surface area contributed by atoms with Gasteiger partial charge in [0.2, 0.25) is 0 Å². The first-order valence-corrected chi connectivity index (χ1v) is 5.53. The van der Waals surface area contributed by atoms with E-state index >= 15 is 0 Å². The van der Waals surface area contributed by atoms with Gasteiger partial charge in [-0.2, -0.15) is 0 Å². The summed E-state index contributed by atoms with van der Waals surface area (Å²) in [6.45, 7) is 0. The van der Waals surface area contributed by atoms with Crippen LogP contribution >= 0.6 is 11.6 Å². The highest BCUT2D eigenvalue weighted by molar-refractivity contribution is 6.30. The fraction of sp³-hybridized carbons (Fsp3) is 0.0833. The molecule has 2 aromatic heterocycles. The number of aromatic nitrogens is 2. The third kappa shape index (κ3) is 2.75. The number of hydrogen-bond acceptors (Lipinski definition) is 3. The molecule has 0 bridgehead atoms. The molecular weight excluding hydrogens is 254 g/mol. The van der Waals surface area contributed by atoms with Gasteiger partial charge in [-0.25, -0.2) is 4.98 Å². The molecule has 2 aromatic rings. The zero-order valence-corrected chi connectivity index (χ0v) is 10.3. The second-order valence-corrected chi connectivity index (χ2v) is 4.12. The molecular formula is C12H10ClN3O2. The molecule has 0 atom stereocenters. The molecule has 2 rings (SSSR count). The fourth-order valence-electron chi connectivity index (χ4n) is 1.33. The predicted molar refractivity (Wildman–Crippen MR) is 68.9 cm³/mol. The lowest BCUT2D eigenvalue weighted by atomic mass is 10.2. The van der Waals surface area contributed by atoms with E-state index in [-0.39, 0.29) is 17.0 Å². The van der Waals surface area contributed by atoms with Crippen molar-refractivity contribution in [2.45, 2.75) is 0 Å². The summed E-state index contributed by atoms with van der Waals surface area (Å²) in [5.41, 5.74) is 0.0431. The zero-order valence-electron chi connectivity index (χ0n) is 9.55. The average Bonchev–Trinajstić information content (AvgIpc) is 2.35. The minimum Gasteiger partial charge on any atom is -0.319 e. The third-order valence-electron chi connectivity index (χ3n) is 2.34. The van der Waals surface area contributed by atoms with Crippen molar-refractivity contribution in [3.63, 3.8) is 0 Å². The molecule has 0 saturated carbocycles. The standard InChI is InChI=1S/C12H10ClN3O2/c1-16-5-4-8(6-11(16)17)12(18)15-10-3-2-9(13)7-14-10/h2-7H,1H3,(H,14,15,18). The maximum absolute atomic E-state index is 11.8. The first-order valence-electron chi connectivity index (χ1n) is 5.16. The second kappa shape index (κ2) is 5.01. The van der Waals surface area contributed by atoms with Crippen molar-refractivity contribution >= 4 is 23.3 Å². The Kier molecular flexibility index (Phi) is 3.43. The summed E-state index contributed by atoms with van der Waals surface area (Å²) in [5.74, 6) is -0.00685. The molecule has 0 unspecified atom stereocenters. The van der Waals surface area contributed by atoms with Crippen LogP contribution in [0.4, 0.5) is 5.82 Å². The molecule has 6 heteroatoms. The van der Waals surface area contributed by atoms with Crippen LogP contribution in [0.3, 0.4) is 0 Å². The molecule has 18 heavy (non-hydrogen) atoms. The van der Waals surface area contributed by atoms with E-state index in [2.05, 4.69) is 10.3 Å². The van der Waals surface area contributed by atoms with Crippen molar-refractivity contribution in [2.75, 3.05) is 5.32 Å². The van der Waals surface area contributed by atoms with Crippen LogP contribution in [0.1, 0.15) is 10.4 Å². The van der Waals surface area contributed by atoms with E-state index in [9.17, 15) is 9.59 Å². The number of pyridine rings is 2. The molecule has 0 aromatic carbocycles. The smallest absolute Gasteiger partial charge is 0.257 e. The molecule has 0 aliphatic rings. The summed E-state index contributed by atoms with van der Waals surface area (Å²) in [6.07, 6.45) is 2.97. The largest absolute Gasteiger partial charge is 0.319 e. The number of rotatable bonds is 2. The van der Waals surface area contributed by atoms with Gasteiger partial charge < -0.3 is 9.88 Å². The van der Waals surface area contributed by atoms with E-state index in [1.165, 1.54) is 23.0 Å². The normalized spacial score (nSPS) is 10.1. The highest BCUT2D eigenvalue weighted by atomic mass is 35.5. The molecule has 0 aliphatic carbocycles. The lowest BCUT2D eigenvalue weighted by Crippen LogP contribution is -2.20. The molecule has 2 heterocycles. The number of anilines is 1. The quantitative estimate of drug-likeness (QED) is 0.897. The Morgan fingerprint density at radius 3 is 2.78 bits per heavy atom. The van der Waals surface area contributed by atoms with E-state index in [0.29, 0.717) is 10.8 Å². The number of nitrogens with one attached hydrogen (secondary N) is 1. The summed E-state index contributed by atoms with van der Waals surface area (Å²) in [5, 5.41) is 3.06. The van der Waals surface area contributed by atoms with Gasteiger partial charge in [-0.15, -0.1) is 0 Å². The van der Waals surface area contributed by atoms with Crippen molar-refractivity contribution < 1.29 is 4.79 Å². The van der Waals surface area contributed by atoms with Crippen molar-refractivity contribution in [2.24, 2.45) is 7.05 Å². The second-order valence-electron chi connectivity index (χ2n) is 3.68. The Morgan fingerprint density at radius 1 is 1.39 bits per heavy atom. The first kappa shape index (κ1) is 12.3. The average molecular weight is 264 g/mol. The van der Waals surface area contributed by atoms with Crippen LogP contribution in [-0.4, -0.2) is 15.5 Å². The molecule has 0 aliphatic heterocycles. The molecule has 0 saturated heterocycles. The molecule has 92 valence electrons. The van der Waals surface area contributed by atoms with E-state index in [4.69, 9.17) is 11.6 Å². The maximum atomic E-state index is 11.8. The minimum absolute atomic E-state index is 0.244. The van der Waals surface area contributed by atoms with Crippen LogP contribution in [-0.2, 0) is 7.05 Å². The topological polar surface area (TPSA) is 64.0 Å². The van der Waals surface area contributed by atoms with Crippen LogP contribution in [0, 0.1) is 0 Å². The Hall–Kier alpha value is -2.14. The van der Waals surface area contributed by atoms with Crippen LogP contribution in [0.15, 0.2) is 41.5 Å². The lowest BCUT2D eigenvalue weighted by molar-refractivity contribution is 0.102. The number of nitrogens with zero attached hydrogens (tertiary/aromatic N) is 2. The SMILES string of the molecule is Cn1ccc(C(=O)Nc2ccc(Cl)cn2)cc1=O. The van der Waals surface area contributed by atoms with Crippen molar-refractivity contribution in [1.82, 2.24) is 9.55 Å². The highest BCUT2D eigenvalue weighted by Gasteiger charge is 2.07.